The Bertz CT molecular complexity index is 856. The topological polar surface area (TPSA) is 69.0 Å². The van der Waals surface area contributed by atoms with Crippen molar-refractivity contribution < 1.29 is 4.74 Å². The zero-order valence-corrected chi connectivity index (χ0v) is 14.4. The van der Waals surface area contributed by atoms with Crippen molar-refractivity contribution in [1.82, 2.24) is 29.6 Å². The summed E-state index contributed by atoms with van der Waals surface area (Å²) in [5.41, 5.74) is 2.51. The first-order valence-electron chi connectivity index (χ1n) is 8.74. The Balaban J connectivity index is 1.64. The van der Waals surface area contributed by atoms with E-state index in [1.54, 1.807) is 25.8 Å². The molecule has 25 heavy (non-hydrogen) atoms. The number of ether oxygens (including phenoxy) is 1. The van der Waals surface area contributed by atoms with Gasteiger partial charge >= 0.3 is 0 Å². The quantitative estimate of drug-likeness (QED) is 0.711. The zero-order chi connectivity index (χ0) is 17.1. The van der Waals surface area contributed by atoms with Gasteiger partial charge in [0.25, 0.3) is 0 Å². The van der Waals surface area contributed by atoms with E-state index in [1.165, 1.54) is 32.4 Å². The molecule has 3 aromatic heterocycles. The van der Waals surface area contributed by atoms with E-state index in [4.69, 9.17) is 4.74 Å². The molecular weight excluding hydrogens is 316 g/mol. The number of rotatable bonds is 5. The van der Waals surface area contributed by atoms with Crippen LogP contribution in [-0.2, 0) is 6.54 Å². The van der Waals surface area contributed by atoms with Crippen LogP contribution in [0.3, 0.4) is 0 Å². The second kappa shape index (κ2) is 7.14. The number of pyridine rings is 1. The smallest absolute Gasteiger partial charge is 0.161 e. The van der Waals surface area contributed by atoms with Crippen molar-refractivity contribution in [2.75, 3.05) is 26.7 Å². The van der Waals surface area contributed by atoms with Crippen LogP contribution in [0.4, 0.5) is 0 Å². The minimum atomic E-state index is 0.746. The molecule has 0 radical (unpaired) electrons. The molecule has 4 heterocycles. The van der Waals surface area contributed by atoms with Crippen LogP contribution < -0.4 is 4.74 Å². The van der Waals surface area contributed by atoms with Gasteiger partial charge in [-0.1, -0.05) is 6.42 Å². The molecule has 0 atom stereocenters. The van der Waals surface area contributed by atoms with Crippen LogP contribution in [0.1, 0.15) is 19.3 Å². The number of nitrogens with zero attached hydrogens (tertiary/aromatic N) is 6. The van der Waals surface area contributed by atoms with Crippen molar-refractivity contribution in [3.8, 4) is 17.0 Å². The molecule has 0 saturated carbocycles. The van der Waals surface area contributed by atoms with Crippen molar-refractivity contribution in [1.29, 1.82) is 0 Å². The molecule has 3 aromatic rings. The molecule has 0 bridgehead atoms. The van der Waals surface area contributed by atoms with Gasteiger partial charge in [-0.3, -0.25) is 4.98 Å². The van der Waals surface area contributed by atoms with E-state index in [1.807, 2.05) is 16.9 Å². The highest BCUT2D eigenvalue weighted by Crippen LogP contribution is 2.31. The highest BCUT2D eigenvalue weighted by molar-refractivity contribution is 5.91. The van der Waals surface area contributed by atoms with E-state index in [2.05, 4.69) is 25.0 Å². The first kappa shape index (κ1) is 16.0. The first-order chi connectivity index (χ1) is 12.4. The van der Waals surface area contributed by atoms with Gasteiger partial charge in [0, 0.05) is 18.9 Å². The molecule has 1 saturated heterocycles. The third-order valence-corrected chi connectivity index (χ3v) is 4.77. The lowest BCUT2D eigenvalue weighted by Gasteiger charge is -2.26. The maximum atomic E-state index is 5.45. The summed E-state index contributed by atoms with van der Waals surface area (Å²) in [6.45, 7) is 4.22. The van der Waals surface area contributed by atoms with Gasteiger partial charge in [-0.25, -0.2) is 14.6 Å². The molecule has 1 fully saturated rings. The van der Waals surface area contributed by atoms with Gasteiger partial charge < -0.3 is 9.64 Å². The van der Waals surface area contributed by atoms with Crippen molar-refractivity contribution in [3.05, 3.63) is 31.0 Å². The van der Waals surface area contributed by atoms with Crippen LogP contribution in [0.15, 0.2) is 31.0 Å². The highest BCUT2D eigenvalue weighted by Gasteiger charge is 2.16. The van der Waals surface area contributed by atoms with E-state index in [-0.39, 0.29) is 0 Å². The number of hydrogen-bond acceptors (Lipinski definition) is 6. The molecule has 0 N–H and O–H groups in total. The van der Waals surface area contributed by atoms with Crippen LogP contribution in [0.2, 0.25) is 0 Å². The summed E-state index contributed by atoms with van der Waals surface area (Å²) < 4.78 is 7.42. The van der Waals surface area contributed by atoms with E-state index < -0.39 is 0 Å². The van der Waals surface area contributed by atoms with E-state index in [0.29, 0.717) is 0 Å². The standard InChI is InChI=1S/C18H22N6O/c1-25-16-5-6-19-11-14(16)17-15-12-22-24(18(15)21-13-20-17)10-9-23-7-3-2-4-8-23/h5-6,11-13H,2-4,7-10H2,1H3. The number of hydrogen-bond donors (Lipinski definition) is 0. The SMILES string of the molecule is COc1ccncc1-c1ncnc2c1cnn2CCN1CCCCC1. The third kappa shape index (κ3) is 3.19. The fourth-order valence-corrected chi connectivity index (χ4v) is 3.43. The number of fused-ring (bicyclic) bond motifs is 1. The van der Waals surface area contributed by atoms with Crippen molar-refractivity contribution >= 4 is 11.0 Å². The van der Waals surface area contributed by atoms with Gasteiger partial charge in [-0.15, -0.1) is 0 Å². The Morgan fingerprint density at radius 3 is 2.80 bits per heavy atom. The van der Waals surface area contributed by atoms with E-state index in [9.17, 15) is 0 Å². The molecule has 0 aliphatic carbocycles. The van der Waals surface area contributed by atoms with Crippen LogP contribution in [-0.4, -0.2) is 56.4 Å². The number of likely N-dealkylation sites (tertiary alicyclic amines) is 1. The van der Waals surface area contributed by atoms with Gasteiger partial charge in [0.05, 0.1) is 36.5 Å². The zero-order valence-electron chi connectivity index (χ0n) is 14.4. The van der Waals surface area contributed by atoms with Crippen molar-refractivity contribution in [3.63, 3.8) is 0 Å². The van der Waals surface area contributed by atoms with Gasteiger partial charge in [-0.2, -0.15) is 5.10 Å². The van der Waals surface area contributed by atoms with Crippen LogP contribution >= 0.6 is 0 Å². The lowest BCUT2D eigenvalue weighted by Crippen LogP contribution is -2.32. The fourth-order valence-electron chi connectivity index (χ4n) is 3.43. The number of piperidine rings is 1. The van der Waals surface area contributed by atoms with Crippen LogP contribution in [0, 0.1) is 0 Å². The monoisotopic (exact) mass is 338 g/mol. The minimum Gasteiger partial charge on any atom is -0.496 e. The maximum absolute atomic E-state index is 5.45. The lowest BCUT2D eigenvalue weighted by atomic mass is 10.1. The molecule has 130 valence electrons. The summed E-state index contributed by atoms with van der Waals surface area (Å²) >= 11 is 0. The Morgan fingerprint density at radius 1 is 1.08 bits per heavy atom. The molecule has 1 aliphatic heterocycles. The fraction of sp³-hybridized carbons (Fsp3) is 0.444. The third-order valence-electron chi connectivity index (χ3n) is 4.77. The molecule has 0 spiro atoms. The Labute approximate surface area is 146 Å². The summed E-state index contributed by atoms with van der Waals surface area (Å²) in [5, 5.41) is 5.47. The predicted octanol–water partition coefficient (Wildman–Crippen LogP) is 2.38. The van der Waals surface area contributed by atoms with Crippen LogP contribution in [0.5, 0.6) is 5.75 Å². The molecule has 1 aliphatic rings. The first-order valence-corrected chi connectivity index (χ1v) is 8.74. The average Bonchev–Trinajstić information content (AvgIpc) is 3.10. The largest absolute Gasteiger partial charge is 0.496 e. The summed E-state index contributed by atoms with van der Waals surface area (Å²) in [4.78, 5) is 15.6. The van der Waals surface area contributed by atoms with Crippen molar-refractivity contribution in [2.24, 2.45) is 0 Å². The normalized spacial score (nSPS) is 15.6. The second-order valence-electron chi connectivity index (χ2n) is 6.31. The minimum absolute atomic E-state index is 0.746. The maximum Gasteiger partial charge on any atom is 0.161 e. The second-order valence-corrected chi connectivity index (χ2v) is 6.31. The Morgan fingerprint density at radius 2 is 1.96 bits per heavy atom. The van der Waals surface area contributed by atoms with E-state index >= 15 is 0 Å². The summed E-state index contributed by atoms with van der Waals surface area (Å²) in [6.07, 6.45) is 10.9. The highest BCUT2D eigenvalue weighted by atomic mass is 16.5. The summed E-state index contributed by atoms with van der Waals surface area (Å²) in [5.74, 6) is 0.746. The van der Waals surface area contributed by atoms with Gasteiger partial charge in [-0.05, 0) is 32.0 Å². The van der Waals surface area contributed by atoms with E-state index in [0.717, 1.165) is 41.1 Å². The molecule has 0 aromatic carbocycles. The summed E-state index contributed by atoms with van der Waals surface area (Å²) in [6, 6.07) is 1.84. The molecule has 0 amide bonds. The molecule has 4 rings (SSSR count). The molecular formula is C18H22N6O. The van der Waals surface area contributed by atoms with Crippen LogP contribution in [0.25, 0.3) is 22.3 Å². The van der Waals surface area contributed by atoms with Gasteiger partial charge in [0.2, 0.25) is 0 Å². The molecule has 7 nitrogen and oxygen atoms in total. The van der Waals surface area contributed by atoms with Gasteiger partial charge in [0.1, 0.15) is 12.1 Å². The number of methoxy groups -OCH3 is 1. The lowest BCUT2D eigenvalue weighted by molar-refractivity contribution is 0.219. The molecule has 7 heteroatoms. The van der Waals surface area contributed by atoms with Gasteiger partial charge in [0.15, 0.2) is 5.65 Å². The Hall–Kier alpha value is -2.54. The predicted molar refractivity (Wildman–Crippen MR) is 95.4 cm³/mol. The average molecular weight is 338 g/mol. The number of aromatic nitrogens is 5. The summed E-state index contributed by atoms with van der Waals surface area (Å²) in [7, 11) is 1.65. The molecule has 0 unspecified atom stereocenters. The van der Waals surface area contributed by atoms with Crippen molar-refractivity contribution in [2.45, 2.75) is 25.8 Å². The Kier molecular flexibility index (Phi) is 4.56.